The van der Waals surface area contributed by atoms with Crippen molar-refractivity contribution < 1.29 is 9.53 Å². The highest BCUT2D eigenvalue weighted by Crippen LogP contribution is 2.25. The Hall–Kier alpha value is -1.81. The third kappa shape index (κ3) is 3.02. The number of aryl methyl sites for hydroxylation is 1. The maximum Gasteiger partial charge on any atom is 0.409 e. The van der Waals surface area contributed by atoms with Crippen LogP contribution in [0.3, 0.4) is 0 Å². The summed E-state index contributed by atoms with van der Waals surface area (Å²) >= 11 is 0. The molecule has 0 saturated heterocycles. The summed E-state index contributed by atoms with van der Waals surface area (Å²) in [7, 11) is 0. The molecule has 1 aliphatic heterocycles. The minimum atomic E-state index is -0.215. The number of carbonyl (C=O) groups is 1. The van der Waals surface area contributed by atoms with Crippen molar-refractivity contribution in [2.45, 2.75) is 26.7 Å². The lowest BCUT2D eigenvalue weighted by molar-refractivity contribution is 0.109. The van der Waals surface area contributed by atoms with Gasteiger partial charge in [0.05, 0.1) is 12.1 Å². The van der Waals surface area contributed by atoms with Gasteiger partial charge in [0.25, 0.3) is 0 Å². The first-order valence-corrected chi connectivity index (χ1v) is 7.49. The Balaban J connectivity index is 0.00000176. The lowest BCUT2D eigenvalue weighted by Gasteiger charge is -2.18. The van der Waals surface area contributed by atoms with Crippen LogP contribution in [0.1, 0.15) is 23.7 Å². The minimum absolute atomic E-state index is 0. The largest absolute Gasteiger partial charge is 0.450 e. The highest BCUT2D eigenvalue weighted by Gasteiger charge is 2.22. The van der Waals surface area contributed by atoms with Crippen LogP contribution >= 0.6 is 12.4 Å². The number of hydrogen-bond donors (Lipinski definition) is 0. The third-order valence-electron chi connectivity index (χ3n) is 4.14. The summed E-state index contributed by atoms with van der Waals surface area (Å²) in [6.07, 6.45) is 1.42. The van der Waals surface area contributed by atoms with Gasteiger partial charge in [-0.2, -0.15) is 0 Å². The molecule has 0 N–H and O–H groups in total. The van der Waals surface area contributed by atoms with E-state index in [1.165, 1.54) is 16.5 Å². The number of fused-ring (bicyclic) bond motifs is 2. The van der Waals surface area contributed by atoms with Gasteiger partial charge < -0.3 is 9.64 Å². The molecular formula is C17H21ClN2O2. The van der Waals surface area contributed by atoms with Gasteiger partial charge in [0, 0.05) is 30.6 Å². The smallest absolute Gasteiger partial charge is 0.409 e. The molecule has 0 atom stereocenters. The number of hydrogen-bond acceptors (Lipinski definition) is 3. The molecule has 1 aliphatic rings. The quantitative estimate of drug-likeness (QED) is 0.807. The zero-order chi connectivity index (χ0) is 14.8. The molecule has 5 heteroatoms. The molecule has 0 fully saturated rings. The maximum atomic E-state index is 11.9. The first kappa shape index (κ1) is 16.6. The van der Waals surface area contributed by atoms with E-state index in [0.717, 1.165) is 24.1 Å². The van der Waals surface area contributed by atoms with Crippen LogP contribution in [0.2, 0.25) is 0 Å². The van der Waals surface area contributed by atoms with Crippen LogP contribution in [0.5, 0.6) is 0 Å². The zero-order valence-corrected chi connectivity index (χ0v) is 13.8. The summed E-state index contributed by atoms with van der Waals surface area (Å²) < 4.78 is 5.11. The van der Waals surface area contributed by atoms with Gasteiger partial charge in [0.15, 0.2) is 0 Å². The van der Waals surface area contributed by atoms with Crippen molar-refractivity contribution in [3.63, 3.8) is 0 Å². The van der Waals surface area contributed by atoms with Gasteiger partial charge in [-0.25, -0.2) is 4.79 Å². The Labute approximate surface area is 136 Å². The van der Waals surface area contributed by atoms with Crippen molar-refractivity contribution in [1.82, 2.24) is 9.88 Å². The molecule has 0 saturated carbocycles. The van der Waals surface area contributed by atoms with Crippen molar-refractivity contribution in [3.8, 4) is 0 Å². The van der Waals surface area contributed by atoms with E-state index in [2.05, 4.69) is 19.1 Å². The first-order chi connectivity index (χ1) is 10.2. The second kappa shape index (κ2) is 6.97. The number of benzene rings is 1. The molecule has 1 amide bonds. The maximum absolute atomic E-state index is 11.9. The number of amides is 1. The fraction of sp³-hybridized carbons (Fsp3) is 0.412. The van der Waals surface area contributed by atoms with Gasteiger partial charge in [0.1, 0.15) is 0 Å². The molecular weight excluding hydrogens is 300 g/mol. The number of aromatic nitrogens is 1. The van der Waals surface area contributed by atoms with E-state index < -0.39 is 0 Å². The second-order valence-electron chi connectivity index (χ2n) is 5.37. The SMILES string of the molecule is CCOC(=O)N1CCc2nc3ccccc3c(C)c2CC1.Cl. The van der Waals surface area contributed by atoms with Crippen LogP contribution in [0.25, 0.3) is 10.9 Å². The van der Waals surface area contributed by atoms with Gasteiger partial charge in [-0.15, -0.1) is 12.4 Å². The average Bonchev–Trinajstić information content (AvgIpc) is 2.71. The van der Waals surface area contributed by atoms with Gasteiger partial charge in [-0.1, -0.05) is 18.2 Å². The number of pyridine rings is 1. The highest BCUT2D eigenvalue weighted by molar-refractivity contribution is 5.85. The summed E-state index contributed by atoms with van der Waals surface area (Å²) in [6.45, 7) is 5.79. The van der Waals surface area contributed by atoms with Crippen molar-refractivity contribution in [2.75, 3.05) is 19.7 Å². The molecule has 118 valence electrons. The zero-order valence-electron chi connectivity index (χ0n) is 13.0. The van der Waals surface area contributed by atoms with E-state index in [1.54, 1.807) is 4.90 Å². The third-order valence-corrected chi connectivity index (χ3v) is 4.14. The van der Waals surface area contributed by atoms with Crippen molar-refractivity contribution in [2.24, 2.45) is 0 Å². The monoisotopic (exact) mass is 320 g/mol. The summed E-state index contributed by atoms with van der Waals surface area (Å²) in [4.78, 5) is 18.5. The number of nitrogens with zero attached hydrogens (tertiary/aromatic N) is 2. The number of carbonyl (C=O) groups excluding carboxylic acids is 1. The minimum Gasteiger partial charge on any atom is -0.450 e. The Morgan fingerprint density at radius 1 is 1.27 bits per heavy atom. The van der Waals surface area contributed by atoms with Gasteiger partial charge in [0.2, 0.25) is 0 Å². The average molecular weight is 321 g/mol. The molecule has 2 heterocycles. The van der Waals surface area contributed by atoms with Crippen LogP contribution in [-0.2, 0) is 17.6 Å². The number of ether oxygens (including phenoxy) is 1. The van der Waals surface area contributed by atoms with Crippen LogP contribution in [0, 0.1) is 6.92 Å². The fourth-order valence-electron chi connectivity index (χ4n) is 3.02. The molecule has 0 radical (unpaired) electrons. The normalized spacial score (nSPS) is 14.0. The molecule has 0 spiro atoms. The molecule has 1 aromatic carbocycles. The summed E-state index contributed by atoms with van der Waals surface area (Å²) in [6, 6.07) is 8.23. The molecule has 0 unspecified atom stereocenters. The van der Waals surface area contributed by atoms with Crippen LogP contribution in [-0.4, -0.2) is 35.7 Å². The molecule has 0 aliphatic carbocycles. The van der Waals surface area contributed by atoms with Crippen LogP contribution < -0.4 is 0 Å². The Morgan fingerprint density at radius 3 is 2.77 bits per heavy atom. The lowest BCUT2D eigenvalue weighted by atomic mass is 9.99. The standard InChI is InChI=1S/C17H20N2O2.ClH/c1-3-21-17(20)19-10-8-14-12(2)13-6-4-5-7-15(13)18-16(14)9-11-19;/h4-7H,3,8-11H2,1-2H3;1H. The van der Waals surface area contributed by atoms with E-state index in [9.17, 15) is 4.79 Å². The predicted octanol–water partition coefficient (Wildman–Crippen LogP) is 3.52. The molecule has 1 aromatic heterocycles. The van der Waals surface area contributed by atoms with E-state index in [0.29, 0.717) is 19.7 Å². The van der Waals surface area contributed by atoms with Gasteiger partial charge >= 0.3 is 6.09 Å². The highest BCUT2D eigenvalue weighted by atomic mass is 35.5. The Morgan fingerprint density at radius 2 is 2.00 bits per heavy atom. The van der Waals surface area contributed by atoms with Crippen molar-refractivity contribution in [1.29, 1.82) is 0 Å². The number of para-hydroxylation sites is 1. The summed E-state index contributed by atoms with van der Waals surface area (Å²) in [5.74, 6) is 0. The van der Waals surface area contributed by atoms with Crippen LogP contribution in [0.4, 0.5) is 4.79 Å². The van der Waals surface area contributed by atoms with Gasteiger partial charge in [-0.05, 0) is 37.5 Å². The Bertz CT molecular complexity index is 688. The van der Waals surface area contributed by atoms with Crippen LogP contribution in [0.15, 0.2) is 24.3 Å². The predicted molar refractivity (Wildman–Crippen MR) is 89.7 cm³/mol. The van der Waals surface area contributed by atoms with E-state index in [-0.39, 0.29) is 18.5 Å². The number of rotatable bonds is 1. The fourth-order valence-corrected chi connectivity index (χ4v) is 3.02. The van der Waals surface area contributed by atoms with Crippen molar-refractivity contribution in [3.05, 3.63) is 41.1 Å². The topological polar surface area (TPSA) is 42.4 Å². The van der Waals surface area contributed by atoms with E-state index in [1.807, 2.05) is 19.1 Å². The van der Waals surface area contributed by atoms with E-state index >= 15 is 0 Å². The first-order valence-electron chi connectivity index (χ1n) is 7.49. The summed E-state index contributed by atoms with van der Waals surface area (Å²) in [5.41, 5.74) is 4.75. The molecule has 22 heavy (non-hydrogen) atoms. The number of halogens is 1. The molecule has 0 bridgehead atoms. The Kier molecular flexibility index (Phi) is 5.24. The van der Waals surface area contributed by atoms with Gasteiger partial charge in [-0.3, -0.25) is 4.98 Å². The molecule has 3 rings (SSSR count). The summed E-state index contributed by atoms with van der Waals surface area (Å²) in [5, 5.41) is 1.21. The van der Waals surface area contributed by atoms with E-state index in [4.69, 9.17) is 9.72 Å². The lowest BCUT2D eigenvalue weighted by Crippen LogP contribution is -2.33. The molecule has 4 nitrogen and oxygen atoms in total. The molecule has 2 aromatic rings. The second-order valence-corrected chi connectivity index (χ2v) is 5.37. The van der Waals surface area contributed by atoms with Crippen molar-refractivity contribution >= 4 is 29.4 Å².